The molecule has 0 atom stereocenters. The Morgan fingerprint density at radius 3 is 3.00 bits per heavy atom. The third kappa shape index (κ3) is 2.03. The molecule has 0 radical (unpaired) electrons. The molecule has 5 heteroatoms. The van der Waals surface area contributed by atoms with Gasteiger partial charge >= 0.3 is 0 Å². The van der Waals surface area contributed by atoms with Gasteiger partial charge in [-0.05, 0) is 28.4 Å². The molecule has 0 aliphatic heterocycles. The third-order valence-electron chi connectivity index (χ3n) is 2.08. The van der Waals surface area contributed by atoms with Crippen molar-refractivity contribution in [2.45, 2.75) is 13.3 Å². The Bertz CT molecular complexity index is 519. The van der Waals surface area contributed by atoms with Crippen molar-refractivity contribution in [3.05, 3.63) is 33.4 Å². The van der Waals surface area contributed by atoms with Gasteiger partial charge in [-0.3, -0.25) is 0 Å². The van der Waals surface area contributed by atoms with E-state index in [2.05, 4.69) is 32.8 Å². The van der Waals surface area contributed by atoms with Crippen LogP contribution in [0.2, 0.25) is 0 Å². The van der Waals surface area contributed by atoms with Gasteiger partial charge in [-0.1, -0.05) is 19.1 Å². The summed E-state index contributed by atoms with van der Waals surface area (Å²) in [5.74, 6) is 0.744. The topological polar surface area (TPSA) is 41.8 Å². The van der Waals surface area contributed by atoms with E-state index in [1.165, 1.54) is 0 Å². The van der Waals surface area contributed by atoms with Crippen molar-refractivity contribution in [1.82, 2.24) is 9.97 Å². The summed E-state index contributed by atoms with van der Waals surface area (Å²) in [5.41, 5.74) is 1.95. The SMILES string of the molecule is CCc1[nH]c(-c2ccoc2)nc(=S)c1Br. The van der Waals surface area contributed by atoms with Gasteiger partial charge in [0.2, 0.25) is 0 Å². The molecular formula is C10H9BrN2OS. The molecule has 0 aliphatic carbocycles. The molecule has 2 rings (SSSR count). The van der Waals surface area contributed by atoms with Crippen LogP contribution >= 0.6 is 28.1 Å². The van der Waals surface area contributed by atoms with E-state index >= 15 is 0 Å². The smallest absolute Gasteiger partial charge is 0.144 e. The minimum atomic E-state index is 0.571. The van der Waals surface area contributed by atoms with Crippen molar-refractivity contribution in [2.24, 2.45) is 0 Å². The number of nitrogens with one attached hydrogen (secondary N) is 1. The summed E-state index contributed by atoms with van der Waals surface area (Å²) in [6.07, 6.45) is 4.13. The average molecular weight is 285 g/mol. The number of aryl methyl sites for hydroxylation is 1. The minimum Gasteiger partial charge on any atom is -0.472 e. The van der Waals surface area contributed by atoms with E-state index in [1.807, 2.05) is 6.07 Å². The molecular weight excluding hydrogens is 276 g/mol. The zero-order valence-electron chi connectivity index (χ0n) is 8.08. The number of hydrogen-bond donors (Lipinski definition) is 1. The molecule has 2 aromatic rings. The van der Waals surface area contributed by atoms with Crippen LogP contribution in [0.15, 0.2) is 27.5 Å². The number of halogens is 1. The zero-order chi connectivity index (χ0) is 10.8. The summed E-state index contributed by atoms with van der Waals surface area (Å²) in [6, 6.07) is 1.85. The van der Waals surface area contributed by atoms with E-state index in [0.29, 0.717) is 4.64 Å². The van der Waals surface area contributed by atoms with Crippen molar-refractivity contribution in [1.29, 1.82) is 0 Å². The highest BCUT2D eigenvalue weighted by atomic mass is 79.9. The van der Waals surface area contributed by atoms with E-state index < -0.39 is 0 Å². The number of H-pyrrole nitrogens is 1. The van der Waals surface area contributed by atoms with Gasteiger partial charge < -0.3 is 9.40 Å². The van der Waals surface area contributed by atoms with Gasteiger partial charge in [0, 0.05) is 5.69 Å². The van der Waals surface area contributed by atoms with E-state index in [1.54, 1.807) is 12.5 Å². The summed E-state index contributed by atoms with van der Waals surface area (Å²) in [6.45, 7) is 2.06. The van der Waals surface area contributed by atoms with Crippen LogP contribution in [-0.4, -0.2) is 9.97 Å². The van der Waals surface area contributed by atoms with Crippen LogP contribution < -0.4 is 0 Å². The van der Waals surface area contributed by atoms with Gasteiger partial charge in [-0.15, -0.1) is 0 Å². The Labute approximate surface area is 101 Å². The van der Waals surface area contributed by atoms with Crippen molar-refractivity contribution >= 4 is 28.1 Å². The van der Waals surface area contributed by atoms with Crippen molar-refractivity contribution in [3.8, 4) is 11.4 Å². The van der Waals surface area contributed by atoms with E-state index in [4.69, 9.17) is 16.6 Å². The van der Waals surface area contributed by atoms with E-state index in [-0.39, 0.29) is 0 Å². The lowest BCUT2D eigenvalue weighted by molar-refractivity contribution is 0.568. The molecule has 2 heterocycles. The molecule has 2 aromatic heterocycles. The quantitative estimate of drug-likeness (QED) is 0.855. The molecule has 0 fully saturated rings. The maximum Gasteiger partial charge on any atom is 0.144 e. The third-order valence-corrected chi connectivity index (χ3v) is 3.50. The monoisotopic (exact) mass is 284 g/mol. The van der Waals surface area contributed by atoms with Crippen molar-refractivity contribution in [3.63, 3.8) is 0 Å². The fourth-order valence-electron chi connectivity index (χ4n) is 1.28. The maximum atomic E-state index is 5.16. The first-order valence-electron chi connectivity index (χ1n) is 4.53. The Balaban J connectivity index is 2.61. The van der Waals surface area contributed by atoms with Gasteiger partial charge in [0.25, 0.3) is 0 Å². The van der Waals surface area contributed by atoms with Crippen LogP contribution in [0.4, 0.5) is 0 Å². The second-order valence-corrected chi connectivity index (χ2v) is 4.23. The molecule has 0 aromatic carbocycles. The molecule has 3 nitrogen and oxygen atoms in total. The second kappa shape index (κ2) is 4.28. The highest BCUT2D eigenvalue weighted by Crippen LogP contribution is 2.21. The number of aromatic nitrogens is 2. The molecule has 0 amide bonds. The molecule has 1 N–H and O–H groups in total. The van der Waals surface area contributed by atoms with Crippen molar-refractivity contribution in [2.75, 3.05) is 0 Å². The summed E-state index contributed by atoms with van der Waals surface area (Å²) >= 11 is 8.58. The van der Waals surface area contributed by atoms with Crippen LogP contribution in [0, 0.1) is 4.64 Å². The Morgan fingerprint density at radius 2 is 2.40 bits per heavy atom. The fourth-order valence-corrected chi connectivity index (χ4v) is 1.97. The first kappa shape index (κ1) is 10.6. The van der Waals surface area contributed by atoms with Crippen LogP contribution in [0.25, 0.3) is 11.4 Å². The summed E-state index contributed by atoms with van der Waals surface area (Å²) in [7, 11) is 0. The number of nitrogens with zero attached hydrogens (tertiary/aromatic N) is 1. The van der Waals surface area contributed by atoms with E-state index in [0.717, 1.165) is 28.0 Å². The van der Waals surface area contributed by atoms with Gasteiger partial charge in [0.15, 0.2) is 0 Å². The summed E-state index contributed by atoms with van der Waals surface area (Å²) in [5, 5.41) is 0. The van der Waals surface area contributed by atoms with Crippen LogP contribution in [0.1, 0.15) is 12.6 Å². The molecule has 15 heavy (non-hydrogen) atoms. The van der Waals surface area contributed by atoms with Crippen molar-refractivity contribution < 1.29 is 4.42 Å². The predicted molar refractivity (Wildman–Crippen MR) is 64.2 cm³/mol. The van der Waals surface area contributed by atoms with Gasteiger partial charge in [-0.25, -0.2) is 4.98 Å². The Morgan fingerprint density at radius 1 is 1.60 bits per heavy atom. The van der Waals surface area contributed by atoms with Gasteiger partial charge in [0.05, 0.1) is 16.3 Å². The molecule has 0 saturated carbocycles. The normalized spacial score (nSPS) is 10.5. The van der Waals surface area contributed by atoms with E-state index in [9.17, 15) is 0 Å². The minimum absolute atomic E-state index is 0.571. The zero-order valence-corrected chi connectivity index (χ0v) is 10.5. The lowest BCUT2D eigenvalue weighted by Crippen LogP contribution is -1.96. The van der Waals surface area contributed by atoms with Crippen LogP contribution in [0.5, 0.6) is 0 Å². The predicted octanol–water partition coefficient (Wildman–Crippen LogP) is 3.72. The Hall–Kier alpha value is -0.940. The highest BCUT2D eigenvalue weighted by Gasteiger charge is 2.07. The highest BCUT2D eigenvalue weighted by molar-refractivity contribution is 9.10. The number of furan rings is 1. The molecule has 0 bridgehead atoms. The maximum absolute atomic E-state index is 5.16. The van der Waals surface area contributed by atoms with Crippen LogP contribution in [-0.2, 0) is 6.42 Å². The average Bonchev–Trinajstić information content (AvgIpc) is 2.75. The second-order valence-electron chi connectivity index (χ2n) is 3.05. The lowest BCUT2D eigenvalue weighted by atomic mass is 10.3. The molecule has 0 saturated heterocycles. The molecule has 78 valence electrons. The van der Waals surface area contributed by atoms with Crippen LogP contribution in [0.3, 0.4) is 0 Å². The molecule has 0 unspecified atom stereocenters. The Kier molecular flexibility index (Phi) is 3.02. The number of aromatic amines is 1. The fraction of sp³-hybridized carbons (Fsp3) is 0.200. The molecule has 0 aliphatic rings. The summed E-state index contributed by atoms with van der Waals surface area (Å²) < 4.78 is 6.45. The van der Waals surface area contributed by atoms with Gasteiger partial charge in [0.1, 0.15) is 16.7 Å². The first-order valence-corrected chi connectivity index (χ1v) is 5.73. The standard InChI is InChI=1S/C10H9BrN2OS/c1-2-7-8(11)10(15)13-9(12-7)6-3-4-14-5-6/h3-5H,2H2,1H3,(H,12,13,15). The lowest BCUT2D eigenvalue weighted by Gasteiger charge is -2.04. The summed E-state index contributed by atoms with van der Waals surface area (Å²) in [4.78, 5) is 7.50. The number of hydrogen-bond acceptors (Lipinski definition) is 3. The number of rotatable bonds is 2. The van der Waals surface area contributed by atoms with Gasteiger partial charge in [-0.2, -0.15) is 0 Å². The molecule has 0 spiro atoms. The first-order chi connectivity index (χ1) is 7.22. The largest absolute Gasteiger partial charge is 0.472 e.